The predicted octanol–water partition coefficient (Wildman–Crippen LogP) is 2.77. The molecule has 0 radical (unpaired) electrons. The van der Waals surface area contributed by atoms with Gasteiger partial charge in [0.15, 0.2) is 0 Å². The fourth-order valence-electron chi connectivity index (χ4n) is 1.89. The van der Waals surface area contributed by atoms with E-state index in [1.807, 2.05) is 54.6 Å². The fourth-order valence-corrected chi connectivity index (χ4v) is 2.68. The van der Waals surface area contributed by atoms with Crippen LogP contribution in [0.15, 0.2) is 64.6 Å². The van der Waals surface area contributed by atoms with Gasteiger partial charge in [0.25, 0.3) is 0 Å². The third-order valence-corrected chi connectivity index (χ3v) is 3.77. The van der Waals surface area contributed by atoms with E-state index in [9.17, 15) is 4.79 Å². The molecule has 0 fully saturated rings. The molecule has 2 aromatic carbocycles. The van der Waals surface area contributed by atoms with Gasteiger partial charge in [-0.15, -0.1) is 5.10 Å². The number of carbonyl (C=O) groups is 1. The van der Waals surface area contributed by atoms with Crippen molar-refractivity contribution in [2.75, 3.05) is 5.32 Å². The van der Waals surface area contributed by atoms with E-state index >= 15 is 0 Å². The molecule has 0 spiro atoms. The maximum absolute atomic E-state index is 11.0. The number of para-hydroxylation sites is 1. The zero-order valence-electron chi connectivity index (χ0n) is 11.8. The van der Waals surface area contributed by atoms with Gasteiger partial charge in [-0.2, -0.15) is 4.68 Å². The number of amides is 1. The summed E-state index contributed by atoms with van der Waals surface area (Å²) in [6.07, 6.45) is 0. The maximum Gasteiger partial charge on any atom is 0.221 e. The second kappa shape index (κ2) is 6.40. The van der Waals surface area contributed by atoms with E-state index in [4.69, 9.17) is 0 Å². The molecule has 0 aliphatic carbocycles. The van der Waals surface area contributed by atoms with Crippen molar-refractivity contribution in [1.29, 1.82) is 0 Å². The van der Waals surface area contributed by atoms with E-state index < -0.39 is 0 Å². The largest absolute Gasteiger partial charge is 0.326 e. The highest BCUT2D eigenvalue weighted by Crippen LogP contribution is 2.27. The van der Waals surface area contributed by atoms with Crippen molar-refractivity contribution in [2.24, 2.45) is 0 Å². The van der Waals surface area contributed by atoms with Crippen LogP contribution in [0.25, 0.3) is 5.69 Å². The number of hydrogen-bond acceptors (Lipinski definition) is 5. The average Bonchev–Trinajstić information content (AvgIpc) is 2.98. The molecule has 0 aliphatic heterocycles. The molecule has 0 aliphatic rings. The van der Waals surface area contributed by atoms with Crippen LogP contribution >= 0.6 is 11.8 Å². The van der Waals surface area contributed by atoms with Crippen molar-refractivity contribution in [3.05, 3.63) is 54.6 Å². The minimum absolute atomic E-state index is 0.0894. The second-order valence-electron chi connectivity index (χ2n) is 4.52. The van der Waals surface area contributed by atoms with Crippen LogP contribution < -0.4 is 5.32 Å². The van der Waals surface area contributed by atoms with Gasteiger partial charge in [0.05, 0.1) is 5.69 Å². The third kappa shape index (κ3) is 3.32. The number of anilines is 1. The summed E-state index contributed by atoms with van der Waals surface area (Å²) in [6.45, 7) is 1.48. The van der Waals surface area contributed by atoms with Crippen molar-refractivity contribution < 1.29 is 4.79 Å². The Labute approximate surface area is 131 Å². The molecular weight excluding hydrogens is 298 g/mol. The first-order chi connectivity index (χ1) is 10.7. The van der Waals surface area contributed by atoms with Gasteiger partial charge in [0.1, 0.15) is 0 Å². The van der Waals surface area contributed by atoms with Crippen LogP contribution in [0.5, 0.6) is 0 Å². The van der Waals surface area contributed by atoms with Crippen molar-refractivity contribution in [3.63, 3.8) is 0 Å². The lowest BCUT2D eigenvalue weighted by atomic mass is 10.3. The molecule has 1 amide bonds. The SMILES string of the molecule is CC(=O)Nc1ccc(Sc2nnnn2-c2ccccc2)cc1. The summed E-state index contributed by atoms with van der Waals surface area (Å²) in [5, 5.41) is 15.2. The van der Waals surface area contributed by atoms with Crippen LogP contribution in [-0.4, -0.2) is 26.1 Å². The third-order valence-electron chi connectivity index (χ3n) is 2.83. The molecular formula is C15H13N5OS. The molecule has 0 saturated heterocycles. The van der Waals surface area contributed by atoms with Gasteiger partial charge in [-0.1, -0.05) is 18.2 Å². The Bertz CT molecular complexity index is 770. The highest BCUT2D eigenvalue weighted by molar-refractivity contribution is 7.99. The molecule has 1 heterocycles. The molecule has 1 N–H and O–H groups in total. The summed E-state index contributed by atoms with van der Waals surface area (Å²) in [7, 11) is 0. The molecule has 110 valence electrons. The summed E-state index contributed by atoms with van der Waals surface area (Å²) in [4.78, 5) is 12.0. The molecule has 0 bridgehead atoms. The molecule has 0 unspecified atom stereocenters. The van der Waals surface area contributed by atoms with E-state index in [0.717, 1.165) is 16.3 Å². The Morgan fingerprint density at radius 3 is 2.50 bits per heavy atom. The molecule has 22 heavy (non-hydrogen) atoms. The summed E-state index contributed by atoms with van der Waals surface area (Å²) < 4.78 is 1.69. The Morgan fingerprint density at radius 1 is 1.09 bits per heavy atom. The topological polar surface area (TPSA) is 72.7 Å². The lowest BCUT2D eigenvalue weighted by Gasteiger charge is -2.05. The van der Waals surface area contributed by atoms with Crippen molar-refractivity contribution >= 4 is 23.4 Å². The first kappa shape index (κ1) is 14.3. The summed E-state index contributed by atoms with van der Waals surface area (Å²) in [5.41, 5.74) is 1.67. The van der Waals surface area contributed by atoms with Crippen LogP contribution in [0.4, 0.5) is 5.69 Å². The number of rotatable bonds is 4. The van der Waals surface area contributed by atoms with Crippen LogP contribution in [-0.2, 0) is 4.79 Å². The number of carbonyl (C=O) groups excluding carboxylic acids is 1. The number of nitrogens with zero attached hydrogens (tertiary/aromatic N) is 4. The van der Waals surface area contributed by atoms with Gasteiger partial charge >= 0.3 is 0 Å². The second-order valence-corrected chi connectivity index (χ2v) is 5.56. The van der Waals surface area contributed by atoms with Gasteiger partial charge in [-0.3, -0.25) is 4.79 Å². The van der Waals surface area contributed by atoms with Gasteiger partial charge in [-0.25, -0.2) is 0 Å². The summed E-state index contributed by atoms with van der Waals surface area (Å²) in [6, 6.07) is 17.2. The van der Waals surface area contributed by atoms with E-state index in [1.54, 1.807) is 4.68 Å². The van der Waals surface area contributed by atoms with Crippen LogP contribution in [0.3, 0.4) is 0 Å². The highest BCUT2D eigenvalue weighted by Gasteiger charge is 2.09. The number of tetrazole rings is 1. The molecule has 3 aromatic rings. The smallest absolute Gasteiger partial charge is 0.221 e. The van der Waals surface area contributed by atoms with Crippen molar-refractivity contribution in [2.45, 2.75) is 17.0 Å². The molecule has 0 saturated carbocycles. The average molecular weight is 311 g/mol. The van der Waals surface area contributed by atoms with Crippen molar-refractivity contribution in [3.8, 4) is 5.69 Å². The standard InChI is InChI=1S/C15H13N5OS/c1-11(21)16-12-7-9-14(10-8-12)22-15-17-18-19-20(15)13-5-3-2-4-6-13/h2-10H,1H3,(H,16,21). The number of hydrogen-bond donors (Lipinski definition) is 1. The van der Waals surface area contributed by atoms with E-state index in [1.165, 1.54) is 18.7 Å². The molecule has 1 aromatic heterocycles. The van der Waals surface area contributed by atoms with Crippen molar-refractivity contribution in [1.82, 2.24) is 20.2 Å². The predicted molar refractivity (Wildman–Crippen MR) is 84.0 cm³/mol. The molecule has 6 nitrogen and oxygen atoms in total. The van der Waals surface area contributed by atoms with Gasteiger partial charge in [0.2, 0.25) is 11.1 Å². The monoisotopic (exact) mass is 311 g/mol. The van der Waals surface area contributed by atoms with E-state index in [0.29, 0.717) is 5.16 Å². The summed E-state index contributed by atoms with van der Waals surface area (Å²) >= 11 is 1.46. The Balaban J connectivity index is 1.80. The van der Waals surface area contributed by atoms with Gasteiger partial charge in [0, 0.05) is 17.5 Å². The first-order valence-corrected chi connectivity index (χ1v) is 7.43. The fraction of sp³-hybridized carbons (Fsp3) is 0.0667. The Hall–Kier alpha value is -2.67. The molecule has 0 atom stereocenters. The number of benzene rings is 2. The zero-order valence-corrected chi connectivity index (χ0v) is 12.6. The molecule has 3 rings (SSSR count). The Kier molecular flexibility index (Phi) is 4.15. The van der Waals surface area contributed by atoms with E-state index in [-0.39, 0.29) is 5.91 Å². The van der Waals surface area contributed by atoms with Gasteiger partial charge < -0.3 is 5.32 Å². The minimum Gasteiger partial charge on any atom is -0.326 e. The maximum atomic E-state index is 11.0. The van der Waals surface area contributed by atoms with Crippen LogP contribution in [0.2, 0.25) is 0 Å². The quantitative estimate of drug-likeness (QED) is 0.802. The lowest BCUT2D eigenvalue weighted by molar-refractivity contribution is -0.114. The number of aromatic nitrogens is 4. The number of nitrogens with one attached hydrogen (secondary N) is 1. The zero-order chi connectivity index (χ0) is 15.4. The van der Waals surface area contributed by atoms with Gasteiger partial charge in [-0.05, 0) is 58.6 Å². The van der Waals surface area contributed by atoms with Crippen LogP contribution in [0.1, 0.15) is 6.92 Å². The van der Waals surface area contributed by atoms with Crippen LogP contribution in [0, 0.1) is 0 Å². The molecule has 7 heteroatoms. The summed E-state index contributed by atoms with van der Waals surface area (Å²) in [5.74, 6) is -0.0894. The normalized spacial score (nSPS) is 10.4. The van der Waals surface area contributed by atoms with E-state index in [2.05, 4.69) is 20.8 Å². The minimum atomic E-state index is -0.0894. The highest BCUT2D eigenvalue weighted by atomic mass is 32.2. The first-order valence-electron chi connectivity index (χ1n) is 6.62. The Morgan fingerprint density at radius 2 is 1.82 bits per heavy atom. The lowest BCUT2D eigenvalue weighted by Crippen LogP contribution is -2.05.